The molecule has 136 valence electrons. The van der Waals surface area contributed by atoms with Crippen molar-refractivity contribution in [2.75, 3.05) is 0 Å². The zero-order valence-corrected chi connectivity index (χ0v) is 14.9. The third-order valence-electron chi connectivity index (χ3n) is 4.45. The van der Waals surface area contributed by atoms with Gasteiger partial charge in [0.1, 0.15) is 0 Å². The standard InChI is InChI=1S/C19H36O4/c1-2-3-4-11-14-17(19(22)23)15-12-9-7-5-6-8-10-13-16-18(20)21/h17H,2-16H2,1H3,(H,20,21)(H,22,23). The molecule has 2 N–H and O–H groups in total. The van der Waals surface area contributed by atoms with Crippen molar-refractivity contribution in [2.45, 2.75) is 103 Å². The molecule has 0 aromatic carbocycles. The van der Waals surface area contributed by atoms with Crippen molar-refractivity contribution in [1.82, 2.24) is 0 Å². The van der Waals surface area contributed by atoms with E-state index >= 15 is 0 Å². The summed E-state index contributed by atoms with van der Waals surface area (Å²) in [5.74, 6) is -1.48. The van der Waals surface area contributed by atoms with Crippen molar-refractivity contribution in [3.8, 4) is 0 Å². The number of rotatable bonds is 17. The normalized spacial score (nSPS) is 12.2. The Balaban J connectivity index is 3.45. The Hall–Kier alpha value is -1.06. The Bertz CT molecular complexity index is 302. The fourth-order valence-corrected chi connectivity index (χ4v) is 2.94. The largest absolute Gasteiger partial charge is 0.481 e. The van der Waals surface area contributed by atoms with Crippen molar-refractivity contribution in [3.63, 3.8) is 0 Å². The smallest absolute Gasteiger partial charge is 0.306 e. The number of aliphatic carboxylic acids is 2. The molecule has 0 heterocycles. The van der Waals surface area contributed by atoms with Crippen molar-refractivity contribution in [3.05, 3.63) is 0 Å². The van der Waals surface area contributed by atoms with Crippen LogP contribution in [0.5, 0.6) is 0 Å². The first-order valence-electron chi connectivity index (χ1n) is 9.52. The summed E-state index contributed by atoms with van der Waals surface area (Å²) in [6.07, 6.45) is 15.1. The third-order valence-corrected chi connectivity index (χ3v) is 4.45. The second-order valence-electron chi connectivity index (χ2n) is 6.65. The van der Waals surface area contributed by atoms with Crippen LogP contribution in [0.1, 0.15) is 103 Å². The lowest BCUT2D eigenvalue weighted by Crippen LogP contribution is -2.13. The number of carbonyl (C=O) groups is 2. The van der Waals surface area contributed by atoms with Gasteiger partial charge in [-0.2, -0.15) is 0 Å². The molecule has 1 unspecified atom stereocenters. The summed E-state index contributed by atoms with van der Waals surface area (Å²) in [6.45, 7) is 2.17. The van der Waals surface area contributed by atoms with Gasteiger partial charge in [0.05, 0.1) is 5.92 Å². The molecule has 0 aliphatic heterocycles. The summed E-state index contributed by atoms with van der Waals surface area (Å²) in [5, 5.41) is 17.8. The number of hydrogen-bond donors (Lipinski definition) is 2. The second-order valence-corrected chi connectivity index (χ2v) is 6.65. The van der Waals surface area contributed by atoms with Gasteiger partial charge in [-0.15, -0.1) is 0 Å². The molecule has 0 amide bonds. The summed E-state index contributed by atoms with van der Waals surface area (Å²) in [4.78, 5) is 21.6. The van der Waals surface area contributed by atoms with E-state index in [0.717, 1.165) is 57.8 Å². The minimum Gasteiger partial charge on any atom is -0.481 e. The van der Waals surface area contributed by atoms with Crippen molar-refractivity contribution in [2.24, 2.45) is 5.92 Å². The van der Waals surface area contributed by atoms with Gasteiger partial charge in [0.25, 0.3) is 0 Å². The summed E-state index contributed by atoms with van der Waals surface area (Å²) in [5.41, 5.74) is 0. The van der Waals surface area contributed by atoms with E-state index in [2.05, 4.69) is 6.92 Å². The molecule has 0 saturated carbocycles. The van der Waals surface area contributed by atoms with Crippen LogP contribution in [0.2, 0.25) is 0 Å². The van der Waals surface area contributed by atoms with Crippen LogP contribution in [0.4, 0.5) is 0 Å². The maximum Gasteiger partial charge on any atom is 0.306 e. The molecule has 4 heteroatoms. The molecular weight excluding hydrogens is 292 g/mol. The monoisotopic (exact) mass is 328 g/mol. The lowest BCUT2D eigenvalue weighted by Gasteiger charge is -2.12. The predicted octanol–water partition coefficient (Wildman–Crippen LogP) is 5.64. The van der Waals surface area contributed by atoms with Gasteiger partial charge in [-0.05, 0) is 19.3 Å². The van der Waals surface area contributed by atoms with E-state index in [-0.39, 0.29) is 12.3 Å². The third kappa shape index (κ3) is 15.6. The molecule has 0 aliphatic rings. The van der Waals surface area contributed by atoms with Gasteiger partial charge in [-0.3, -0.25) is 9.59 Å². The lowest BCUT2D eigenvalue weighted by atomic mass is 9.94. The Morgan fingerprint density at radius 2 is 1.13 bits per heavy atom. The quantitative estimate of drug-likeness (QED) is 0.339. The van der Waals surface area contributed by atoms with Crippen molar-refractivity contribution < 1.29 is 19.8 Å². The first kappa shape index (κ1) is 21.9. The Morgan fingerprint density at radius 3 is 1.57 bits per heavy atom. The van der Waals surface area contributed by atoms with Crippen molar-refractivity contribution in [1.29, 1.82) is 0 Å². The molecule has 23 heavy (non-hydrogen) atoms. The molecule has 0 rings (SSSR count). The van der Waals surface area contributed by atoms with E-state index in [4.69, 9.17) is 5.11 Å². The predicted molar refractivity (Wildman–Crippen MR) is 93.7 cm³/mol. The highest BCUT2D eigenvalue weighted by Gasteiger charge is 2.16. The number of carboxylic acids is 2. The topological polar surface area (TPSA) is 74.6 Å². The molecule has 0 aromatic rings. The highest BCUT2D eigenvalue weighted by molar-refractivity contribution is 5.69. The minimum absolute atomic E-state index is 0.150. The summed E-state index contributed by atoms with van der Waals surface area (Å²) in [6, 6.07) is 0. The fourth-order valence-electron chi connectivity index (χ4n) is 2.94. The first-order valence-corrected chi connectivity index (χ1v) is 9.52. The summed E-state index contributed by atoms with van der Waals surface area (Å²) in [7, 11) is 0. The molecule has 4 nitrogen and oxygen atoms in total. The van der Waals surface area contributed by atoms with E-state index in [9.17, 15) is 14.7 Å². The fraction of sp³-hybridized carbons (Fsp3) is 0.895. The van der Waals surface area contributed by atoms with Crippen LogP contribution in [0.25, 0.3) is 0 Å². The second kappa shape index (κ2) is 15.8. The molecule has 0 aliphatic carbocycles. The van der Waals surface area contributed by atoms with E-state index in [1.165, 1.54) is 32.1 Å². The zero-order valence-electron chi connectivity index (χ0n) is 14.9. The SMILES string of the molecule is CCCCCCC(CCCCCCCCCCC(=O)O)C(=O)O. The average molecular weight is 328 g/mol. The van der Waals surface area contributed by atoms with Gasteiger partial charge in [0.2, 0.25) is 0 Å². The minimum atomic E-state index is -0.701. The van der Waals surface area contributed by atoms with Crippen LogP contribution in [0.15, 0.2) is 0 Å². The summed E-state index contributed by atoms with van der Waals surface area (Å²) < 4.78 is 0. The van der Waals surface area contributed by atoms with E-state index in [1.807, 2.05) is 0 Å². The molecule has 0 saturated heterocycles. The van der Waals surface area contributed by atoms with Gasteiger partial charge >= 0.3 is 11.9 Å². The molecule has 0 bridgehead atoms. The molecule has 0 radical (unpaired) electrons. The average Bonchev–Trinajstić information content (AvgIpc) is 2.50. The van der Waals surface area contributed by atoms with Gasteiger partial charge in [0.15, 0.2) is 0 Å². The highest BCUT2D eigenvalue weighted by Crippen LogP contribution is 2.19. The van der Waals surface area contributed by atoms with Gasteiger partial charge in [0, 0.05) is 6.42 Å². The Labute approximate surface area is 141 Å². The number of hydrogen-bond acceptors (Lipinski definition) is 2. The van der Waals surface area contributed by atoms with E-state index in [0.29, 0.717) is 0 Å². The highest BCUT2D eigenvalue weighted by atomic mass is 16.4. The van der Waals surface area contributed by atoms with Crippen molar-refractivity contribution >= 4 is 11.9 Å². The Morgan fingerprint density at radius 1 is 0.696 bits per heavy atom. The first-order chi connectivity index (χ1) is 11.1. The van der Waals surface area contributed by atoms with Crippen LogP contribution >= 0.6 is 0 Å². The van der Waals surface area contributed by atoms with Crippen LogP contribution in [-0.2, 0) is 9.59 Å². The zero-order chi connectivity index (χ0) is 17.3. The molecule has 1 atom stereocenters. The Kier molecular flexibility index (Phi) is 15.1. The molecule has 0 spiro atoms. The van der Waals surface area contributed by atoms with Crippen LogP contribution < -0.4 is 0 Å². The number of carboxylic acid groups (broad SMARTS) is 2. The van der Waals surface area contributed by atoms with Gasteiger partial charge in [-0.25, -0.2) is 0 Å². The maximum absolute atomic E-state index is 11.2. The maximum atomic E-state index is 11.2. The number of unbranched alkanes of at least 4 members (excludes halogenated alkanes) is 10. The van der Waals surface area contributed by atoms with Gasteiger partial charge < -0.3 is 10.2 Å². The van der Waals surface area contributed by atoms with E-state index < -0.39 is 11.9 Å². The molecule has 0 fully saturated rings. The van der Waals surface area contributed by atoms with Crippen LogP contribution in [0.3, 0.4) is 0 Å². The lowest BCUT2D eigenvalue weighted by molar-refractivity contribution is -0.142. The molecular formula is C19H36O4. The molecule has 0 aromatic heterocycles. The summed E-state index contributed by atoms with van der Waals surface area (Å²) >= 11 is 0. The van der Waals surface area contributed by atoms with Crippen LogP contribution in [-0.4, -0.2) is 22.2 Å². The van der Waals surface area contributed by atoms with Crippen LogP contribution in [0, 0.1) is 5.92 Å². The van der Waals surface area contributed by atoms with E-state index in [1.54, 1.807) is 0 Å². The van der Waals surface area contributed by atoms with Gasteiger partial charge in [-0.1, -0.05) is 77.6 Å².